The Kier molecular flexibility index (Phi) is 10.4. The number of allylic oxidation sites excluding steroid dienone is 6. The van der Waals surface area contributed by atoms with E-state index in [1.54, 1.807) is 0 Å². The summed E-state index contributed by atoms with van der Waals surface area (Å²) in [6.45, 7) is 2.21. The van der Waals surface area contributed by atoms with Gasteiger partial charge in [0, 0.05) is 79.4 Å². The van der Waals surface area contributed by atoms with Gasteiger partial charge in [0.15, 0.2) is 0 Å². The van der Waals surface area contributed by atoms with Gasteiger partial charge in [-0.1, -0.05) is 110 Å². The maximum absolute atomic E-state index is 9.84. The highest BCUT2D eigenvalue weighted by molar-refractivity contribution is 6.10. The van der Waals surface area contributed by atoms with E-state index in [1.165, 1.54) is 33.2 Å². The second kappa shape index (κ2) is 17.3. The maximum Gasteiger partial charge on any atom is 0.0991 e. The topological polar surface area (TPSA) is 62.2 Å². The van der Waals surface area contributed by atoms with Gasteiger partial charge in [0.2, 0.25) is 0 Å². The molecule has 6 nitrogen and oxygen atoms in total. The van der Waals surface area contributed by atoms with Gasteiger partial charge in [-0.25, -0.2) is 0 Å². The minimum atomic E-state index is 0.128. The Morgan fingerprint density at radius 1 is 0.507 bits per heavy atom. The third kappa shape index (κ3) is 7.28. The van der Waals surface area contributed by atoms with Crippen molar-refractivity contribution in [3.63, 3.8) is 0 Å². The maximum atomic E-state index is 9.84. The van der Waals surface area contributed by atoms with Crippen LogP contribution in [0.4, 0.5) is 39.8 Å². The number of aromatic nitrogens is 1. The van der Waals surface area contributed by atoms with Crippen LogP contribution in [0.3, 0.4) is 0 Å². The number of rotatable bonds is 9. The molecule has 0 N–H and O–H groups in total. The molecular weight excluding hydrogens is 841 g/mol. The van der Waals surface area contributed by atoms with Crippen LogP contribution in [0.25, 0.3) is 38.6 Å². The van der Waals surface area contributed by atoms with E-state index in [-0.39, 0.29) is 17.9 Å². The van der Waals surface area contributed by atoms with E-state index < -0.39 is 0 Å². The van der Waals surface area contributed by atoms with Gasteiger partial charge in [-0.3, -0.25) is 0 Å². The van der Waals surface area contributed by atoms with Crippen molar-refractivity contribution in [3.05, 3.63) is 253 Å². The minimum absolute atomic E-state index is 0.128. The van der Waals surface area contributed by atoms with E-state index >= 15 is 0 Å². The first-order valence-corrected chi connectivity index (χ1v) is 23.6. The van der Waals surface area contributed by atoms with Gasteiger partial charge in [-0.15, -0.1) is 0 Å². The standard InChI is InChI=1S/C63H46N6/c1-43-38-45(42-65)22-35-59(43)67(54-34-37-63-58(40-54)56-17-9-11-19-61(56)69(63)49-14-6-3-7-15-49)52-31-25-47(26-32-52)46-23-29-51(30-24-46)66(50-27-20-44(41-64)21-28-50)53-33-36-62-57(39-53)55-16-8-10-18-60(55)68(62)48-12-4-2-5-13-48/h2-37,39-40,43,55,60H,38H2,1H3/t43-,55?,60?/m0/s1. The lowest BCUT2D eigenvalue weighted by Crippen LogP contribution is -2.28. The predicted molar refractivity (Wildman–Crippen MR) is 283 cm³/mol. The lowest BCUT2D eigenvalue weighted by atomic mass is 9.91. The van der Waals surface area contributed by atoms with Gasteiger partial charge < -0.3 is 19.3 Å². The molecule has 0 amide bonds. The Balaban J connectivity index is 0.905. The van der Waals surface area contributed by atoms with Crippen LogP contribution in [-0.2, 0) is 0 Å². The minimum Gasteiger partial charge on any atom is -0.333 e. The van der Waals surface area contributed by atoms with Crippen LogP contribution in [0.1, 0.15) is 30.4 Å². The van der Waals surface area contributed by atoms with E-state index in [2.05, 4.69) is 239 Å². The lowest BCUT2D eigenvalue weighted by Gasteiger charge is -2.33. The zero-order chi connectivity index (χ0) is 46.4. The summed E-state index contributed by atoms with van der Waals surface area (Å²) < 4.78 is 2.35. The van der Waals surface area contributed by atoms with Gasteiger partial charge >= 0.3 is 0 Å². The summed E-state index contributed by atoms with van der Waals surface area (Å²) in [5.74, 6) is 0.339. The summed E-state index contributed by atoms with van der Waals surface area (Å²) in [6, 6.07) is 73.8. The molecular formula is C63H46N6. The fraction of sp³-hybridized carbons (Fsp3) is 0.0794. The van der Waals surface area contributed by atoms with Crippen LogP contribution >= 0.6 is 0 Å². The smallest absolute Gasteiger partial charge is 0.0991 e. The molecule has 0 fully saturated rings. The van der Waals surface area contributed by atoms with E-state index in [1.807, 2.05) is 30.3 Å². The Bertz CT molecular complexity index is 3620. The molecule has 3 atom stereocenters. The van der Waals surface area contributed by atoms with Crippen molar-refractivity contribution in [1.29, 1.82) is 10.5 Å². The first kappa shape index (κ1) is 41.3. The normalized spacial score (nSPS) is 16.9. The molecule has 0 saturated carbocycles. The van der Waals surface area contributed by atoms with E-state index in [9.17, 15) is 10.5 Å². The van der Waals surface area contributed by atoms with Crippen molar-refractivity contribution in [2.45, 2.75) is 25.3 Å². The molecule has 8 aromatic carbocycles. The Morgan fingerprint density at radius 3 is 1.77 bits per heavy atom. The number of nitriles is 2. The molecule has 328 valence electrons. The van der Waals surface area contributed by atoms with E-state index in [0.29, 0.717) is 12.0 Å². The van der Waals surface area contributed by atoms with Crippen LogP contribution in [0.5, 0.6) is 0 Å². The molecule has 9 aromatic rings. The number of fused-ring (bicyclic) bond motifs is 6. The number of benzene rings is 8. The highest BCUT2D eigenvalue weighted by Crippen LogP contribution is 2.50. The van der Waals surface area contributed by atoms with Crippen molar-refractivity contribution in [2.24, 2.45) is 5.92 Å². The molecule has 2 unspecified atom stereocenters. The number of hydrogen-bond donors (Lipinski definition) is 0. The number of anilines is 7. The lowest BCUT2D eigenvalue weighted by molar-refractivity contribution is 0.657. The molecule has 3 aliphatic rings. The first-order chi connectivity index (χ1) is 34.0. The number of hydrogen-bond acceptors (Lipinski definition) is 5. The van der Waals surface area contributed by atoms with Gasteiger partial charge in [-0.05, 0) is 151 Å². The summed E-state index contributed by atoms with van der Waals surface area (Å²) in [6.07, 6.45) is 13.7. The largest absolute Gasteiger partial charge is 0.333 e. The number of nitrogens with zero attached hydrogens (tertiary/aromatic N) is 6. The molecule has 2 heterocycles. The van der Waals surface area contributed by atoms with Gasteiger partial charge in [-0.2, -0.15) is 10.5 Å². The Morgan fingerprint density at radius 2 is 1.09 bits per heavy atom. The van der Waals surface area contributed by atoms with Gasteiger partial charge in [0.05, 0.1) is 34.8 Å². The van der Waals surface area contributed by atoms with Gasteiger partial charge in [0.25, 0.3) is 0 Å². The highest BCUT2D eigenvalue weighted by atomic mass is 15.2. The summed E-state index contributed by atoms with van der Waals surface area (Å²) in [4.78, 5) is 7.10. The Labute approximate surface area is 402 Å². The summed E-state index contributed by atoms with van der Waals surface area (Å²) in [5, 5.41) is 21.9. The highest BCUT2D eigenvalue weighted by Gasteiger charge is 2.38. The predicted octanol–water partition coefficient (Wildman–Crippen LogP) is 16.0. The zero-order valence-corrected chi connectivity index (χ0v) is 38.1. The molecule has 1 aliphatic heterocycles. The van der Waals surface area contributed by atoms with E-state index in [0.717, 1.165) is 62.0 Å². The molecule has 0 saturated heterocycles. The second-order valence-corrected chi connectivity index (χ2v) is 18.0. The van der Waals surface area contributed by atoms with Crippen LogP contribution in [0, 0.1) is 28.6 Å². The molecule has 69 heavy (non-hydrogen) atoms. The molecule has 12 rings (SSSR count). The Hall–Kier alpha value is -9.10. The second-order valence-electron chi connectivity index (χ2n) is 18.0. The van der Waals surface area contributed by atoms with Crippen molar-refractivity contribution >= 4 is 61.6 Å². The van der Waals surface area contributed by atoms with Crippen LogP contribution in [-0.4, -0.2) is 10.6 Å². The zero-order valence-electron chi connectivity index (χ0n) is 38.1. The monoisotopic (exact) mass is 886 g/mol. The molecule has 0 spiro atoms. The quantitative estimate of drug-likeness (QED) is 0.144. The van der Waals surface area contributed by atoms with Crippen molar-refractivity contribution < 1.29 is 0 Å². The SMILES string of the molecule is C[C@H]1CC(C#N)=CC=C1N(c1ccc(-c2ccc(N(c3ccc(C#N)cc3)c3ccc4c(c3)C3C=CC=CC3N4c3ccccc3)cc2)cc1)c1ccc2c(c1)c1ccccc1n2-c1ccccc1. The van der Waals surface area contributed by atoms with Crippen LogP contribution in [0.15, 0.2) is 242 Å². The average molecular weight is 887 g/mol. The van der Waals surface area contributed by atoms with Crippen molar-refractivity contribution in [1.82, 2.24) is 4.57 Å². The van der Waals surface area contributed by atoms with E-state index in [4.69, 9.17) is 0 Å². The first-order valence-electron chi connectivity index (χ1n) is 23.6. The summed E-state index contributed by atoms with van der Waals surface area (Å²) >= 11 is 0. The van der Waals surface area contributed by atoms with Crippen LogP contribution in [0.2, 0.25) is 0 Å². The molecule has 0 radical (unpaired) electrons. The van der Waals surface area contributed by atoms with Crippen molar-refractivity contribution in [3.8, 4) is 29.0 Å². The summed E-state index contributed by atoms with van der Waals surface area (Å²) in [7, 11) is 0. The average Bonchev–Trinajstić information content (AvgIpc) is 3.93. The molecule has 0 bridgehead atoms. The fourth-order valence-electron chi connectivity index (χ4n) is 10.7. The van der Waals surface area contributed by atoms with Crippen LogP contribution < -0.4 is 14.7 Å². The summed E-state index contributed by atoms with van der Waals surface area (Å²) in [5.41, 5.74) is 17.1. The third-order valence-electron chi connectivity index (χ3n) is 14.0. The molecule has 6 heteroatoms. The van der Waals surface area contributed by atoms with Gasteiger partial charge in [0.1, 0.15) is 0 Å². The fourth-order valence-corrected chi connectivity index (χ4v) is 10.7. The van der Waals surface area contributed by atoms with Crippen molar-refractivity contribution in [2.75, 3.05) is 14.7 Å². The third-order valence-corrected chi connectivity index (χ3v) is 14.0. The molecule has 1 aromatic heterocycles. The molecule has 2 aliphatic carbocycles. The number of para-hydroxylation sites is 3.